The van der Waals surface area contributed by atoms with Crippen molar-refractivity contribution in [3.05, 3.63) is 34.3 Å². The first-order valence-electron chi connectivity index (χ1n) is 8.48. The largest absolute Gasteiger partial charge is 0.313 e. The zero-order valence-electron chi connectivity index (χ0n) is 13.8. The third kappa shape index (κ3) is 5.41. The zero-order chi connectivity index (χ0) is 15.3. The van der Waals surface area contributed by atoms with Gasteiger partial charge in [-0.2, -0.15) is 0 Å². The van der Waals surface area contributed by atoms with E-state index in [0.717, 1.165) is 12.5 Å². The van der Waals surface area contributed by atoms with E-state index in [4.69, 9.17) is 0 Å². The van der Waals surface area contributed by atoms with Gasteiger partial charge in [0, 0.05) is 10.5 Å². The molecular weight excluding hydrogens is 322 g/mol. The predicted molar refractivity (Wildman–Crippen MR) is 95.7 cm³/mol. The first-order chi connectivity index (χ1) is 10.00. The summed E-state index contributed by atoms with van der Waals surface area (Å²) in [5.41, 5.74) is 2.01. The minimum absolute atomic E-state index is 0.559. The van der Waals surface area contributed by atoms with Gasteiger partial charge < -0.3 is 5.32 Å². The molecule has 1 aromatic rings. The summed E-state index contributed by atoms with van der Waals surface area (Å²) >= 11 is 3.53. The van der Waals surface area contributed by atoms with Gasteiger partial charge in [0.05, 0.1) is 0 Å². The fraction of sp³-hybridized carbons (Fsp3) is 0.684. The van der Waals surface area contributed by atoms with Gasteiger partial charge in [0.1, 0.15) is 0 Å². The van der Waals surface area contributed by atoms with Crippen LogP contribution in [0.4, 0.5) is 0 Å². The molecule has 118 valence electrons. The van der Waals surface area contributed by atoms with Crippen LogP contribution in [-0.4, -0.2) is 12.6 Å². The third-order valence-electron chi connectivity index (χ3n) is 4.98. The standard InChI is InChI=1S/C19H30BrN/c1-4-13-21-18(14-15-5-7-17(20)8-6-15)16-9-11-19(2,3)12-10-16/h5-8,16,18,21H,4,9-14H2,1-3H3. The summed E-state index contributed by atoms with van der Waals surface area (Å²) in [5.74, 6) is 0.841. The van der Waals surface area contributed by atoms with Crippen LogP contribution < -0.4 is 5.32 Å². The number of rotatable bonds is 6. The minimum Gasteiger partial charge on any atom is -0.313 e. The summed E-state index contributed by atoms with van der Waals surface area (Å²) in [4.78, 5) is 0. The van der Waals surface area contributed by atoms with Crippen LogP contribution in [0.25, 0.3) is 0 Å². The number of hydrogen-bond acceptors (Lipinski definition) is 1. The molecule has 0 spiro atoms. The van der Waals surface area contributed by atoms with E-state index in [1.807, 2.05) is 0 Å². The van der Waals surface area contributed by atoms with E-state index in [1.54, 1.807) is 0 Å². The predicted octanol–water partition coefficient (Wildman–Crippen LogP) is 5.58. The van der Waals surface area contributed by atoms with E-state index in [9.17, 15) is 0 Å². The van der Waals surface area contributed by atoms with Crippen molar-refractivity contribution in [1.29, 1.82) is 0 Å². The van der Waals surface area contributed by atoms with Crippen LogP contribution in [0.1, 0.15) is 58.4 Å². The lowest BCUT2D eigenvalue weighted by Crippen LogP contribution is -2.41. The highest BCUT2D eigenvalue weighted by atomic mass is 79.9. The molecule has 1 aromatic carbocycles. The fourth-order valence-corrected chi connectivity index (χ4v) is 3.70. The third-order valence-corrected chi connectivity index (χ3v) is 5.51. The molecule has 0 saturated heterocycles. The molecule has 0 aliphatic heterocycles. The summed E-state index contributed by atoms with van der Waals surface area (Å²) in [6.45, 7) is 8.24. The van der Waals surface area contributed by atoms with Gasteiger partial charge in [-0.15, -0.1) is 0 Å². The summed E-state index contributed by atoms with van der Waals surface area (Å²) in [7, 11) is 0. The Morgan fingerprint density at radius 3 is 2.38 bits per heavy atom. The van der Waals surface area contributed by atoms with E-state index in [2.05, 4.69) is 66.3 Å². The molecular formula is C19H30BrN. The summed E-state index contributed by atoms with van der Waals surface area (Å²) in [5, 5.41) is 3.82. The smallest absolute Gasteiger partial charge is 0.0175 e. The molecule has 1 N–H and O–H groups in total. The van der Waals surface area contributed by atoms with E-state index >= 15 is 0 Å². The molecule has 1 fully saturated rings. The Labute approximate surface area is 139 Å². The molecule has 2 heteroatoms. The van der Waals surface area contributed by atoms with Crippen molar-refractivity contribution in [3.63, 3.8) is 0 Å². The lowest BCUT2D eigenvalue weighted by molar-refractivity contribution is 0.160. The van der Waals surface area contributed by atoms with Gasteiger partial charge in [0.15, 0.2) is 0 Å². The highest BCUT2D eigenvalue weighted by molar-refractivity contribution is 9.10. The Kier molecular flexibility index (Phi) is 6.31. The normalized spacial score (nSPS) is 20.4. The Morgan fingerprint density at radius 1 is 1.19 bits per heavy atom. The molecule has 0 amide bonds. The second-order valence-corrected chi connectivity index (χ2v) is 8.31. The van der Waals surface area contributed by atoms with Crippen molar-refractivity contribution >= 4 is 15.9 Å². The van der Waals surface area contributed by atoms with Crippen molar-refractivity contribution in [2.45, 2.75) is 65.3 Å². The van der Waals surface area contributed by atoms with Gasteiger partial charge in [-0.25, -0.2) is 0 Å². The zero-order valence-corrected chi connectivity index (χ0v) is 15.4. The second-order valence-electron chi connectivity index (χ2n) is 7.39. The van der Waals surface area contributed by atoms with Gasteiger partial charge in [-0.05, 0) is 74.1 Å². The van der Waals surface area contributed by atoms with Gasteiger partial charge in [0.25, 0.3) is 0 Å². The van der Waals surface area contributed by atoms with Crippen molar-refractivity contribution in [3.8, 4) is 0 Å². The number of hydrogen-bond donors (Lipinski definition) is 1. The molecule has 2 rings (SSSR count). The maximum Gasteiger partial charge on any atom is 0.0175 e. The highest BCUT2D eigenvalue weighted by Gasteiger charge is 2.31. The number of nitrogens with one attached hydrogen (secondary N) is 1. The maximum atomic E-state index is 3.82. The Hall–Kier alpha value is -0.340. The summed E-state index contributed by atoms with van der Waals surface area (Å²) in [6.07, 6.45) is 7.90. The lowest BCUT2D eigenvalue weighted by Gasteiger charge is -2.38. The number of benzene rings is 1. The van der Waals surface area contributed by atoms with Gasteiger partial charge in [0.2, 0.25) is 0 Å². The SMILES string of the molecule is CCCNC(Cc1ccc(Br)cc1)C1CCC(C)(C)CC1. The van der Waals surface area contributed by atoms with E-state index in [-0.39, 0.29) is 0 Å². The minimum atomic E-state index is 0.559. The van der Waals surface area contributed by atoms with Gasteiger partial charge in [-0.3, -0.25) is 0 Å². The average Bonchev–Trinajstić information content (AvgIpc) is 2.46. The topological polar surface area (TPSA) is 12.0 Å². The molecule has 1 atom stereocenters. The monoisotopic (exact) mass is 351 g/mol. The fourth-order valence-electron chi connectivity index (χ4n) is 3.43. The van der Waals surface area contributed by atoms with E-state index < -0.39 is 0 Å². The van der Waals surface area contributed by atoms with E-state index in [0.29, 0.717) is 11.5 Å². The molecule has 1 nitrogen and oxygen atoms in total. The average molecular weight is 352 g/mol. The van der Waals surface area contributed by atoms with E-state index in [1.165, 1.54) is 48.6 Å². The van der Waals surface area contributed by atoms with Crippen molar-refractivity contribution in [1.82, 2.24) is 5.32 Å². The Bertz CT molecular complexity index is 414. The first-order valence-corrected chi connectivity index (χ1v) is 9.27. The van der Waals surface area contributed by atoms with Crippen LogP contribution in [0.5, 0.6) is 0 Å². The first kappa shape index (κ1) is 17.0. The molecule has 21 heavy (non-hydrogen) atoms. The Morgan fingerprint density at radius 2 is 1.81 bits per heavy atom. The highest BCUT2D eigenvalue weighted by Crippen LogP contribution is 2.39. The van der Waals surface area contributed by atoms with Crippen LogP contribution in [-0.2, 0) is 6.42 Å². The van der Waals surface area contributed by atoms with Crippen LogP contribution in [0.15, 0.2) is 28.7 Å². The molecule has 1 aliphatic rings. The van der Waals surface area contributed by atoms with Crippen LogP contribution >= 0.6 is 15.9 Å². The number of halogens is 1. The van der Waals surface area contributed by atoms with Gasteiger partial charge >= 0.3 is 0 Å². The summed E-state index contributed by atoms with van der Waals surface area (Å²) in [6, 6.07) is 9.49. The van der Waals surface area contributed by atoms with Crippen LogP contribution in [0.2, 0.25) is 0 Å². The molecule has 0 bridgehead atoms. The molecule has 1 unspecified atom stereocenters. The van der Waals surface area contributed by atoms with Gasteiger partial charge in [-0.1, -0.05) is 48.8 Å². The quantitative estimate of drug-likeness (QED) is 0.705. The summed E-state index contributed by atoms with van der Waals surface area (Å²) < 4.78 is 1.17. The van der Waals surface area contributed by atoms with Crippen molar-refractivity contribution in [2.24, 2.45) is 11.3 Å². The lowest BCUT2D eigenvalue weighted by atomic mass is 9.70. The molecule has 0 aromatic heterocycles. The van der Waals surface area contributed by atoms with Crippen molar-refractivity contribution in [2.75, 3.05) is 6.54 Å². The molecule has 0 radical (unpaired) electrons. The molecule has 1 saturated carbocycles. The van der Waals surface area contributed by atoms with Crippen LogP contribution in [0.3, 0.4) is 0 Å². The molecule has 0 heterocycles. The second kappa shape index (κ2) is 7.78. The Balaban J connectivity index is 1.99. The van der Waals surface area contributed by atoms with Crippen molar-refractivity contribution < 1.29 is 0 Å². The van der Waals surface area contributed by atoms with Crippen LogP contribution in [0, 0.1) is 11.3 Å². The maximum absolute atomic E-state index is 3.82. The molecule has 1 aliphatic carbocycles.